The van der Waals surface area contributed by atoms with Crippen molar-refractivity contribution in [3.63, 3.8) is 0 Å². The molecule has 0 unspecified atom stereocenters. The van der Waals surface area contributed by atoms with Gasteiger partial charge in [0.2, 0.25) is 0 Å². The fourth-order valence-corrected chi connectivity index (χ4v) is 3.51. The van der Waals surface area contributed by atoms with Crippen molar-refractivity contribution in [2.24, 2.45) is 10.4 Å². The van der Waals surface area contributed by atoms with Gasteiger partial charge >= 0.3 is 0 Å². The molecular formula is C21H33N3O3. The van der Waals surface area contributed by atoms with Crippen molar-refractivity contribution in [2.75, 3.05) is 32.9 Å². The molecule has 0 amide bonds. The Morgan fingerprint density at radius 1 is 1.30 bits per heavy atom. The van der Waals surface area contributed by atoms with Gasteiger partial charge in [-0.25, -0.2) is 4.99 Å². The lowest BCUT2D eigenvalue weighted by Gasteiger charge is -2.40. The molecule has 1 aliphatic heterocycles. The molecule has 2 aliphatic rings. The molecule has 0 atom stereocenters. The number of benzene rings is 1. The average molecular weight is 376 g/mol. The van der Waals surface area contributed by atoms with Gasteiger partial charge in [0.15, 0.2) is 5.96 Å². The van der Waals surface area contributed by atoms with Crippen molar-refractivity contribution in [3.05, 3.63) is 29.3 Å². The molecule has 27 heavy (non-hydrogen) atoms. The fourth-order valence-electron chi connectivity index (χ4n) is 3.51. The highest BCUT2D eigenvalue weighted by atomic mass is 16.5. The topological polar surface area (TPSA) is 75.1 Å². The molecule has 0 radical (unpaired) electrons. The maximum absolute atomic E-state index is 9.59. The van der Waals surface area contributed by atoms with Crippen LogP contribution in [0.5, 0.6) is 5.75 Å². The number of nitrogens with one attached hydrogen (secondary N) is 2. The summed E-state index contributed by atoms with van der Waals surface area (Å²) in [6.45, 7) is 7.43. The van der Waals surface area contributed by atoms with Crippen molar-refractivity contribution in [2.45, 2.75) is 52.2 Å². The van der Waals surface area contributed by atoms with E-state index in [1.54, 1.807) is 0 Å². The van der Waals surface area contributed by atoms with E-state index in [4.69, 9.17) is 14.5 Å². The van der Waals surface area contributed by atoms with Crippen LogP contribution in [0.25, 0.3) is 0 Å². The third kappa shape index (κ3) is 5.36. The van der Waals surface area contributed by atoms with Crippen molar-refractivity contribution >= 4 is 5.96 Å². The first-order valence-electron chi connectivity index (χ1n) is 10.1. The van der Waals surface area contributed by atoms with Gasteiger partial charge in [0.1, 0.15) is 5.75 Å². The second kappa shape index (κ2) is 9.42. The van der Waals surface area contributed by atoms with Gasteiger partial charge in [0.25, 0.3) is 0 Å². The Bertz CT molecular complexity index is 632. The number of rotatable bonds is 8. The molecule has 2 fully saturated rings. The third-order valence-electron chi connectivity index (χ3n) is 5.35. The number of aliphatic hydroxyl groups excluding tert-OH is 1. The van der Waals surface area contributed by atoms with Crippen LogP contribution in [-0.4, -0.2) is 50.1 Å². The molecule has 6 nitrogen and oxygen atoms in total. The van der Waals surface area contributed by atoms with Gasteiger partial charge in [0, 0.05) is 18.7 Å². The van der Waals surface area contributed by atoms with Crippen molar-refractivity contribution in [3.8, 4) is 5.75 Å². The molecular weight excluding hydrogens is 342 g/mol. The van der Waals surface area contributed by atoms with E-state index < -0.39 is 0 Å². The van der Waals surface area contributed by atoms with E-state index in [-0.39, 0.29) is 12.0 Å². The normalized spacial score (nSPS) is 19.6. The van der Waals surface area contributed by atoms with Crippen LogP contribution in [0.1, 0.15) is 43.7 Å². The second-order valence-corrected chi connectivity index (χ2v) is 7.84. The Kier molecular flexibility index (Phi) is 6.96. The first kappa shape index (κ1) is 20.0. The van der Waals surface area contributed by atoms with Gasteiger partial charge in [0.05, 0.1) is 37.9 Å². The maximum Gasteiger partial charge on any atom is 0.191 e. The Balaban J connectivity index is 1.65. The van der Waals surface area contributed by atoms with E-state index >= 15 is 0 Å². The zero-order valence-corrected chi connectivity index (χ0v) is 16.6. The Morgan fingerprint density at radius 3 is 2.70 bits per heavy atom. The fraction of sp³-hybridized carbons (Fsp3) is 0.667. The van der Waals surface area contributed by atoms with Crippen molar-refractivity contribution in [1.82, 2.24) is 10.6 Å². The maximum atomic E-state index is 9.59. The number of aliphatic hydroxyl groups is 1. The lowest BCUT2D eigenvalue weighted by atomic mass is 9.87. The molecule has 6 heteroatoms. The molecule has 3 N–H and O–H groups in total. The van der Waals surface area contributed by atoms with Crippen molar-refractivity contribution in [1.29, 1.82) is 0 Å². The summed E-state index contributed by atoms with van der Waals surface area (Å²) in [6.07, 6.45) is 5.14. The highest BCUT2D eigenvalue weighted by molar-refractivity contribution is 5.79. The molecule has 1 aromatic carbocycles. The minimum atomic E-state index is -0.184. The van der Waals surface area contributed by atoms with E-state index in [2.05, 4.69) is 35.8 Å². The molecule has 1 heterocycles. The zero-order chi connectivity index (χ0) is 19.1. The van der Waals surface area contributed by atoms with Crippen LogP contribution in [0.3, 0.4) is 0 Å². The minimum absolute atomic E-state index is 0.122. The predicted octanol–water partition coefficient (Wildman–Crippen LogP) is 2.38. The summed E-state index contributed by atoms with van der Waals surface area (Å²) in [7, 11) is 0. The Morgan fingerprint density at radius 2 is 2.07 bits per heavy atom. The number of hydrogen-bond acceptors (Lipinski definition) is 4. The van der Waals surface area contributed by atoms with E-state index in [0.717, 1.165) is 36.7 Å². The number of hydrogen-bond donors (Lipinski definition) is 3. The standard InChI is InChI=1S/C21H33N3O3/c1-3-22-20(24-12-21(13-25)14-26-15-21)23-11-17-9-8-16(2)10-19(17)27-18-6-4-5-7-18/h8-10,18,25H,3-7,11-15H2,1-2H3,(H2,22,23,24). The summed E-state index contributed by atoms with van der Waals surface area (Å²) in [5.41, 5.74) is 2.13. The monoisotopic (exact) mass is 375 g/mol. The number of nitrogens with zero attached hydrogens (tertiary/aromatic N) is 1. The SMILES string of the molecule is CCNC(=NCc1ccc(C)cc1OC1CCCC1)NCC1(CO)COC1. The van der Waals surface area contributed by atoms with Gasteiger partial charge < -0.3 is 25.2 Å². The van der Waals surface area contributed by atoms with Crippen molar-refractivity contribution < 1.29 is 14.6 Å². The third-order valence-corrected chi connectivity index (χ3v) is 5.35. The van der Waals surface area contributed by atoms with E-state index in [1.807, 2.05) is 6.92 Å². The smallest absolute Gasteiger partial charge is 0.191 e. The molecule has 1 aromatic rings. The summed E-state index contributed by atoms with van der Waals surface area (Å²) in [4.78, 5) is 4.74. The van der Waals surface area contributed by atoms with Crippen LogP contribution in [0.15, 0.2) is 23.2 Å². The summed E-state index contributed by atoms with van der Waals surface area (Å²) in [5.74, 6) is 1.71. The minimum Gasteiger partial charge on any atom is -0.490 e. The number of ether oxygens (including phenoxy) is 2. The van der Waals surface area contributed by atoms with E-state index in [9.17, 15) is 5.11 Å². The van der Waals surface area contributed by atoms with E-state index in [1.165, 1.54) is 18.4 Å². The lowest BCUT2D eigenvalue weighted by Crippen LogP contribution is -2.54. The highest BCUT2D eigenvalue weighted by Crippen LogP contribution is 2.28. The molecule has 0 spiro atoms. The number of aliphatic imine (C=N–C) groups is 1. The Hall–Kier alpha value is -1.79. The highest BCUT2D eigenvalue weighted by Gasteiger charge is 2.38. The van der Waals surface area contributed by atoms with Gasteiger partial charge in [-0.15, -0.1) is 0 Å². The molecule has 1 saturated heterocycles. The predicted molar refractivity (Wildman–Crippen MR) is 107 cm³/mol. The second-order valence-electron chi connectivity index (χ2n) is 7.84. The van der Waals surface area contributed by atoms with Gasteiger partial charge in [-0.05, 0) is 51.2 Å². The summed E-state index contributed by atoms with van der Waals surface area (Å²) in [6, 6.07) is 6.34. The molecule has 1 aliphatic carbocycles. The largest absolute Gasteiger partial charge is 0.490 e. The first-order valence-corrected chi connectivity index (χ1v) is 10.1. The van der Waals surface area contributed by atoms with Gasteiger partial charge in [-0.1, -0.05) is 12.1 Å². The van der Waals surface area contributed by atoms with Crippen LogP contribution >= 0.6 is 0 Å². The lowest BCUT2D eigenvalue weighted by molar-refractivity contribution is -0.132. The summed E-state index contributed by atoms with van der Waals surface area (Å²) >= 11 is 0. The zero-order valence-electron chi connectivity index (χ0n) is 16.6. The van der Waals surface area contributed by atoms with Crippen LogP contribution in [0.4, 0.5) is 0 Å². The van der Waals surface area contributed by atoms with E-state index in [0.29, 0.717) is 32.4 Å². The van der Waals surface area contributed by atoms with Crippen LogP contribution < -0.4 is 15.4 Å². The molecule has 150 valence electrons. The molecule has 0 aromatic heterocycles. The number of aryl methyl sites for hydroxylation is 1. The molecule has 0 bridgehead atoms. The summed E-state index contributed by atoms with van der Waals surface area (Å²) < 4.78 is 11.5. The van der Waals surface area contributed by atoms with Crippen LogP contribution in [-0.2, 0) is 11.3 Å². The van der Waals surface area contributed by atoms with Gasteiger partial charge in [-0.2, -0.15) is 0 Å². The average Bonchev–Trinajstić information content (AvgIpc) is 3.13. The van der Waals surface area contributed by atoms with Crippen LogP contribution in [0.2, 0.25) is 0 Å². The Labute approximate surface area is 162 Å². The first-order chi connectivity index (χ1) is 13.1. The molecule has 3 rings (SSSR count). The molecule has 1 saturated carbocycles. The summed E-state index contributed by atoms with van der Waals surface area (Å²) in [5, 5.41) is 16.2. The number of guanidine groups is 1. The van der Waals surface area contributed by atoms with Crippen LogP contribution in [0, 0.1) is 12.3 Å². The van der Waals surface area contributed by atoms with Gasteiger partial charge in [-0.3, -0.25) is 0 Å². The quantitative estimate of drug-likeness (QED) is 0.480.